The Kier molecular flexibility index (Phi) is 4.40. The average molecular weight is 316 g/mol. The monoisotopic (exact) mass is 316 g/mol. The van der Waals surface area contributed by atoms with Crippen molar-refractivity contribution in [3.8, 4) is 5.69 Å². The Labute approximate surface area is 132 Å². The highest BCUT2D eigenvalue weighted by Crippen LogP contribution is 2.19. The molecule has 0 amide bonds. The summed E-state index contributed by atoms with van der Waals surface area (Å²) in [7, 11) is 1.64. The van der Waals surface area contributed by atoms with E-state index in [1.165, 1.54) is 11.5 Å². The second-order valence-corrected chi connectivity index (χ2v) is 5.36. The third-order valence-corrected chi connectivity index (χ3v) is 3.86. The molecule has 0 aliphatic heterocycles. The molecule has 0 saturated carbocycles. The van der Waals surface area contributed by atoms with Gasteiger partial charge in [-0.25, -0.2) is 14.6 Å². The van der Waals surface area contributed by atoms with E-state index in [2.05, 4.69) is 24.8 Å². The van der Waals surface area contributed by atoms with Gasteiger partial charge in [-0.2, -0.15) is 9.47 Å². The topological polar surface area (TPSA) is 77.8 Å². The van der Waals surface area contributed by atoms with Crippen molar-refractivity contribution in [2.75, 3.05) is 12.4 Å². The van der Waals surface area contributed by atoms with E-state index < -0.39 is 0 Å². The Balaban J connectivity index is 1.70. The maximum atomic E-state index is 5.20. The summed E-state index contributed by atoms with van der Waals surface area (Å²) < 4.78 is 11.3. The predicted molar refractivity (Wildman–Crippen MR) is 84.0 cm³/mol. The molecule has 1 atom stereocenters. The van der Waals surface area contributed by atoms with Gasteiger partial charge in [-0.1, -0.05) is 18.2 Å². The van der Waals surface area contributed by atoms with Crippen molar-refractivity contribution in [2.45, 2.75) is 19.6 Å². The molecule has 114 valence electrons. The Hall–Kier alpha value is -2.32. The minimum Gasteiger partial charge on any atom is -0.374 e. The van der Waals surface area contributed by atoms with Gasteiger partial charge in [0.15, 0.2) is 11.6 Å². The fraction of sp³-hybridized carbons (Fsp3) is 0.286. The van der Waals surface area contributed by atoms with E-state index in [0.717, 1.165) is 16.6 Å². The lowest BCUT2D eigenvalue weighted by molar-refractivity contribution is 0.113. The summed E-state index contributed by atoms with van der Waals surface area (Å²) in [5.74, 6) is 1.49. The number of nitrogens with zero attached hydrogens (tertiary/aromatic N) is 5. The number of methoxy groups -OCH3 is 1. The van der Waals surface area contributed by atoms with Crippen molar-refractivity contribution < 1.29 is 4.74 Å². The zero-order valence-corrected chi connectivity index (χ0v) is 13.1. The molecule has 0 aliphatic carbocycles. The number of aromatic nitrogens is 5. The smallest absolute Gasteiger partial charge is 0.203 e. The molecule has 7 nitrogen and oxygen atoms in total. The highest BCUT2D eigenvalue weighted by Gasteiger charge is 2.12. The molecule has 0 spiro atoms. The Morgan fingerprint density at radius 2 is 2.14 bits per heavy atom. The number of hydrogen-bond acceptors (Lipinski definition) is 7. The van der Waals surface area contributed by atoms with Crippen LogP contribution in [0.25, 0.3) is 5.69 Å². The molecule has 2 heterocycles. The maximum absolute atomic E-state index is 5.20. The molecule has 3 rings (SSSR count). The molecule has 0 aliphatic rings. The number of benzene rings is 1. The van der Waals surface area contributed by atoms with Crippen LogP contribution in [0, 0.1) is 0 Å². The molecule has 2 aromatic heterocycles. The Morgan fingerprint density at radius 3 is 2.91 bits per heavy atom. The van der Waals surface area contributed by atoms with Crippen LogP contribution in [-0.4, -0.2) is 31.2 Å². The fourth-order valence-corrected chi connectivity index (χ4v) is 2.54. The van der Waals surface area contributed by atoms with Crippen LogP contribution in [0.1, 0.15) is 24.7 Å². The number of para-hydroxylation sites is 1. The van der Waals surface area contributed by atoms with Gasteiger partial charge in [0.2, 0.25) is 5.13 Å². The van der Waals surface area contributed by atoms with Crippen LogP contribution in [0.5, 0.6) is 0 Å². The van der Waals surface area contributed by atoms with E-state index >= 15 is 0 Å². The molecular weight excluding hydrogens is 300 g/mol. The molecule has 1 unspecified atom stereocenters. The van der Waals surface area contributed by atoms with Gasteiger partial charge in [0.25, 0.3) is 0 Å². The van der Waals surface area contributed by atoms with Gasteiger partial charge in [-0.3, -0.25) is 0 Å². The van der Waals surface area contributed by atoms with Crippen molar-refractivity contribution in [3.05, 3.63) is 48.3 Å². The van der Waals surface area contributed by atoms with E-state index in [1.54, 1.807) is 18.1 Å². The molecule has 0 bridgehead atoms. The molecule has 0 fully saturated rings. The third kappa shape index (κ3) is 3.12. The van der Waals surface area contributed by atoms with Crippen molar-refractivity contribution in [2.24, 2.45) is 0 Å². The summed E-state index contributed by atoms with van der Waals surface area (Å²) in [5, 5.41) is 8.22. The summed E-state index contributed by atoms with van der Waals surface area (Å²) in [5.41, 5.74) is 0.975. The van der Waals surface area contributed by atoms with Gasteiger partial charge in [0, 0.05) is 18.6 Å². The first-order valence-corrected chi connectivity index (χ1v) is 7.60. The van der Waals surface area contributed by atoms with Gasteiger partial charge >= 0.3 is 0 Å². The highest BCUT2D eigenvalue weighted by atomic mass is 32.1. The normalized spacial score (nSPS) is 12.3. The molecule has 1 aromatic carbocycles. The summed E-state index contributed by atoms with van der Waals surface area (Å²) in [6.45, 7) is 2.43. The standard InChI is InChI=1S/C14H16N6OS/c1-10(21-2)13-18-14(22-19-13)15-8-12-16-9-17-20(12)11-6-4-3-5-7-11/h3-7,9-10H,8H2,1-2H3,(H,15,18,19). The molecule has 0 radical (unpaired) electrons. The first kappa shape index (κ1) is 14.6. The fourth-order valence-electron chi connectivity index (χ4n) is 1.90. The van der Waals surface area contributed by atoms with Crippen molar-refractivity contribution in [3.63, 3.8) is 0 Å². The number of nitrogens with one attached hydrogen (secondary N) is 1. The summed E-state index contributed by atoms with van der Waals surface area (Å²) in [6, 6.07) is 9.88. The van der Waals surface area contributed by atoms with Gasteiger partial charge in [-0.05, 0) is 19.1 Å². The summed E-state index contributed by atoms with van der Waals surface area (Å²) in [6.07, 6.45) is 1.43. The lowest BCUT2D eigenvalue weighted by Crippen LogP contribution is -2.08. The van der Waals surface area contributed by atoms with Crippen molar-refractivity contribution in [1.29, 1.82) is 0 Å². The van der Waals surface area contributed by atoms with Gasteiger partial charge in [0.1, 0.15) is 12.4 Å². The number of hydrogen-bond donors (Lipinski definition) is 1. The quantitative estimate of drug-likeness (QED) is 0.752. The van der Waals surface area contributed by atoms with Crippen LogP contribution in [0.15, 0.2) is 36.7 Å². The molecule has 22 heavy (non-hydrogen) atoms. The van der Waals surface area contributed by atoms with Crippen LogP contribution >= 0.6 is 11.5 Å². The van der Waals surface area contributed by atoms with Gasteiger partial charge < -0.3 is 10.1 Å². The molecular formula is C14H16N6OS. The van der Waals surface area contributed by atoms with E-state index in [4.69, 9.17) is 4.74 Å². The third-order valence-electron chi connectivity index (χ3n) is 3.18. The van der Waals surface area contributed by atoms with Crippen molar-refractivity contribution >= 4 is 16.7 Å². The molecule has 3 aromatic rings. The van der Waals surface area contributed by atoms with Crippen molar-refractivity contribution in [1.82, 2.24) is 24.1 Å². The summed E-state index contributed by atoms with van der Waals surface area (Å²) in [4.78, 5) is 8.68. The minimum absolute atomic E-state index is 0.111. The average Bonchev–Trinajstić information content (AvgIpc) is 3.22. The van der Waals surface area contributed by atoms with Crippen LogP contribution in [0.2, 0.25) is 0 Å². The zero-order valence-electron chi connectivity index (χ0n) is 12.3. The van der Waals surface area contributed by atoms with E-state index in [0.29, 0.717) is 12.4 Å². The van der Waals surface area contributed by atoms with E-state index in [1.807, 2.05) is 37.3 Å². The molecule has 8 heteroatoms. The second kappa shape index (κ2) is 6.63. The van der Waals surface area contributed by atoms with Crippen LogP contribution < -0.4 is 5.32 Å². The number of anilines is 1. The maximum Gasteiger partial charge on any atom is 0.203 e. The van der Waals surface area contributed by atoms with Gasteiger partial charge in [-0.15, -0.1) is 0 Å². The van der Waals surface area contributed by atoms with Crippen LogP contribution in [0.3, 0.4) is 0 Å². The Morgan fingerprint density at radius 1 is 1.32 bits per heavy atom. The molecule has 1 N–H and O–H groups in total. The molecule has 0 saturated heterocycles. The number of ether oxygens (including phenoxy) is 1. The Bertz CT molecular complexity index is 726. The summed E-state index contributed by atoms with van der Waals surface area (Å²) >= 11 is 1.31. The van der Waals surface area contributed by atoms with Gasteiger partial charge in [0.05, 0.1) is 12.2 Å². The van der Waals surface area contributed by atoms with Crippen LogP contribution in [0.4, 0.5) is 5.13 Å². The number of rotatable bonds is 6. The first-order valence-electron chi connectivity index (χ1n) is 6.82. The minimum atomic E-state index is -0.111. The lowest BCUT2D eigenvalue weighted by atomic mass is 10.3. The second-order valence-electron chi connectivity index (χ2n) is 4.61. The highest BCUT2D eigenvalue weighted by molar-refractivity contribution is 7.09. The van der Waals surface area contributed by atoms with E-state index in [-0.39, 0.29) is 6.10 Å². The van der Waals surface area contributed by atoms with E-state index in [9.17, 15) is 0 Å². The predicted octanol–water partition coefficient (Wildman–Crippen LogP) is 2.44. The zero-order chi connectivity index (χ0) is 15.4. The first-order chi connectivity index (χ1) is 10.8. The lowest BCUT2D eigenvalue weighted by Gasteiger charge is -2.06. The largest absolute Gasteiger partial charge is 0.374 e. The SMILES string of the molecule is COC(C)c1nsc(NCc2ncnn2-c2ccccc2)n1. The van der Waals surface area contributed by atoms with Crippen LogP contribution in [-0.2, 0) is 11.3 Å².